The van der Waals surface area contributed by atoms with E-state index in [1.54, 1.807) is 0 Å². The van der Waals surface area contributed by atoms with Gasteiger partial charge in [0.2, 0.25) is 5.91 Å². The Hall–Kier alpha value is -0.570. The average molecular weight is 240 g/mol. The topological polar surface area (TPSA) is 32.3 Å². The molecular formula is C14H28N2O. The molecule has 1 aliphatic rings. The Balaban J connectivity index is 2.68. The number of carbonyl (C=O) groups is 1. The van der Waals surface area contributed by atoms with E-state index in [1.807, 2.05) is 20.8 Å². The number of rotatable bonds is 5. The fraction of sp³-hybridized carbons (Fsp3) is 0.929. The van der Waals surface area contributed by atoms with Gasteiger partial charge in [-0.1, -0.05) is 26.2 Å². The number of hydrogen-bond donors (Lipinski definition) is 1. The van der Waals surface area contributed by atoms with E-state index in [9.17, 15) is 4.79 Å². The molecule has 0 aromatic rings. The standard InChI is InChI=1S/C14H28N2O/c1-5-15-14(3,4)13(17)16(6-2)12-10-8-7-9-11-12/h12,15H,5-11H2,1-4H3. The summed E-state index contributed by atoms with van der Waals surface area (Å²) in [6, 6.07) is 0.471. The molecule has 0 unspecified atom stereocenters. The third kappa shape index (κ3) is 3.70. The summed E-state index contributed by atoms with van der Waals surface area (Å²) in [6.07, 6.45) is 6.24. The van der Waals surface area contributed by atoms with Crippen LogP contribution in [0.4, 0.5) is 0 Å². The maximum absolute atomic E-state index is 12.5. The molecule has 0 heterocycles. The molecule has 1 N–H and O–H groups in total. The van der Waals surface area contributed by atoms with E-state index in [1.165, 1.54) is 32.1 Å². The lowest BCUT2D eigenvalue weighted by Crippen LogP contribution is -2.56. The second kappa shape index (κ2) is 6.39. The minimum absolute atomic E-state index is 0.258. The number of carbonyl (C=O) groups excluding carboxylic acids is 1. The van der Waals surface area contributed by atoms with Crippen LogP contribution in [0.3, 0.4) is 0 Å². The summed E-state index contributed by atoms with van der Waals surface area (Å²) in [5.74, 6) is 0.258. The van der Waals surface area contributed by atoms with Crippen molar-refractivity contribution in [1.29, 1.82) is 0 Å². The van der Waals surface area contributed by atoms with E-state index in [0.29, 0.717) is 6.04 Å². The van der Waals surface area contributed by atoms with Gasteiger partial charge in [-0.3, -0.25) is 4.79 Å². The molecule has 1 fully saturated rings. The van der Waals surface area contributed by atoms with Gasteiger partial charge in [0.1, 0.15) is 0 Å². The smallest absolute Gasteiger partial charge is 0.242 e. The normalized spacial score (nSPS) is 18.1. The zero-order valence-electron chi connectivity index (χ0n) is 11.9. The molecule has 3 heteroatoms. The van der Waals surface area contributed by atoms with Crippen LogP contribution in [-0.4, -0.2) is 35.5 Å². The van der Waals surface area contributed by atoms with E-state index in [-0.39, 0.29) is 5.91 Å². The minimum atomic E-state index is -0.428. The zero-order chi connectivity index (χ0) is 12.9. The van der Waals surface area contributed by atoms with Crippen molar-refractivity contribution >= 4 is 5.91 Å². The largest absolute Gasteiger partial charge is 0.338 e. The molecule has 1 aliphatic carbocycles. The molecule has 0 radical (unpaired) electrons. The quantitative estimate of drug-likeness (QED) is 0.801. The van der Waals surface area contributed by atoms with Crippen molar-refractivity contribution in [2.24, 2.45) is 0 Å². The number of nitrogens with one attached hydrogen (secondary N) is 1. The zero-order valence-corrected chi connectivity index (χ0v) is 11.9. The van der Waals surface area contributed by atoms with Crippen LogP contribution < -0.4 is 5.32 Å². The first-order valence-electron chi connectivity index (χ1n) is 7.09. The number of hydrogen-bond acceptors (Lipinski definition) is 2. The van der Waals surface area contributed by atoms with Crippen molar-refractivity contribution in [2.75, 3.05) is 13.1 Å². The van der Waals surface area contributed by atoms with Crippen LogP contribution in [-0.2, 0) is 4.79 Å². The number of likely N-dealkylation sites (N-methyl/N-ethyl adjacent to an activating group) is 2. The molecule has 3 nitrogen and oxygen atoms in total. The van der Waals surface area contributed by atoms with Gasteiger partial charge >= 0.3 is 0 Å². The summed E-state index contributed by atoms with van der Waals surface area (Å²) >= 11 is 0. The monoisotopic (exact) mass is 240 g/mol. The molecule has 0 atom stereocenters. The summed E-state index contributed by atoms with van der Waals surface area (Å²) in [4.78, 5) is 14.6. The molecule has 17 heavy (non-hydrogen) atoms. The van der Waals surface area contributed by atoms with E-state index in [4.69, 9.17) is 0 Å². The van der Waals surface area contributed by atoms with Gasteiger partial charge in [0.25, 0.3) is 0 Å². The van der Waals surface area contributed by atoms with Crippen molar-refractivity contribution in [1.82, 2.24) is 10.2 Å². The first kappa shape index (κ1) is 14.5. The Kier molecular flexibility index (Phi) is 5.44. The van der Waals surface area contributed by atoms with E-state index < -0.39 is 5.54 Å². The van der Waals surface area contributed by atoms with Crippen LogP contribution >= 0.6 is 0 Å². The fourth-order valence-electron chi connectivity index (χ4n) is 2.84. The Labute approximate surface area is 106 Å². The Bertz CT molecular complexity index is 245. The number of amides is 1. The van der Waals surface area contributed by atoms with Gasteiger partial charge < -0.3 is 10.2 Å². The van der Waals surface area contributed by atoms with Gasteiger partial charge in [-0.25, -0.2) is 0 Å². The van der Waals surface area contributed by atoms with E-state index in [0.717, 1.165) is 13.1 Å². The van der Waals surface area contributed by atoms with Crippen LogP contribution in [0, 0.1) is 0 Å². The summed E-state index contributed by atoms with van der Waals surface area (Å²) in [7, 11) is 0. The second-order valence-electron chi connectivity index (χ2n) is 5.54. The highest BCUT2D eigenvalue weighted by Crippen LogP contribution is 2.24. The predicted octanol–water partition coefficient (Wildman–Crippen LogP) is 2.56. The predicted molar refractivity (Wildman–Crippen MR) is 72.0 cm³/mol. The van der Waals surface area contributed by atoms with Crippen LogP contribution in [0.25, 0.3) is 0 Å². The summed E-state index contributed by atoms with van der Waals surface area (Å²) in [6.45, 7) is 9.79. The Morgan fingerprint density at radius 1 is 1.24 bits per heavy atom. The first-order valence-corrected chi connectivity index (χ1v) is 7.09. The Morgan fingerprint density at radius 3 is 2.29 bits per heavy atom. The lowest BCUT2D eigenvalue weighted by atomic mass is 9.92. The van der Waals surface area contributed by atoms with Crippen LogP contribution in [0.15, 0.2) is 0 Å². The van der Waals surface area contributed by atoms with Gasteiger partial charge in [0, 0.05) is 12.6 Å². The third-order valence-electron chi connectivity index (χ3n) is 3.77. The molecule has 1 amide bonds. The maximum Gasteiger partial charge on any atom is 0.242 e. The molecule has 0 saturated heterocycles. The molecule has 1 saturated carbocycles. The second-order valence-corrected chi connectivity index (χ2v) is 5.54. The van der Waals surface area contributed by atoms with E-state index in [2.05, 4.69) is 17.1 Å². The molecule has 100 valence electrons. The van der Waals surface area contributed by atoms with Gasteiger partial charge in [0.05, 0.1) is 5.54 Å². The van der Waals surface area contributed by atoms with E-state index >= 15 is 0 Å². The molecular weight excluding hydrogens is 212 g/mol. The molecule has 0 spiro atoms. The highest BCUT2D eigenvalue weighted by atomic mass is 16.2. The van der Waals surface area contributed by atoms with Crippen molar-refractivity contribution in [3.63, 3.8) is 0 Å². The molecule has 0 bridgehead atoms. The third-order valence-corrected chi connectivity index (χ3v) is 3.77. The van der Waals surface area contributed by atoms with Crippen molar-refractivity contribution in [3.05, 3.63) is 0 Å². The SMILES string of the molecule is CCNC(C)(C)C(=O)N(CC)C1CCCCC1. The molecule has 0 aliphatic heterocycles. The molecule has 1 rings (SSSR count). The molecule has 0 aromatic carbocycles. The van der Waals surface area contributed by atoms with Gasteiger partial charge in [0.15, 0.2) is 0 Å². The summed E-state index contributed by atoms with van der Waals surface area (Å²) in [5, 5.41) is 3.28. The minimum Gasteiger partial charge on any atom is -0.338 e. The lowest BCUT2D eigenvalue weighted by molar-refractivity contribution is -0.140. The van der Waals surface area contributed by atoms with Crippen LogP contribution in [0.1, 0.15) is 59.8 Å². The van der Waals surface area contributed by atoms with Crippen molar-refractivity contribution in [2.45, 2.75) is 71.4 Å². The molecule has 0 aromatic heterocycles. The van der Waals surface area contributed by atoms with Gasteiger partial charge in [-0.2, -0.15) is 0 Å². The highest BCUT2D eigenvalue weighted by molar-refractivity contribution is 5.85. The van der Waals surface area contributed by atoms with Gasteiger partial charge in [-0.05, 0) is 40.2 Å². The van der Waals surface area contributed by atoms with Crippen LogP contribution in [0.2, 0.25) is 0 Å². The summed E-state index contributed by atoms with van der Waals surface area (Å²) < 4.78 is 0. The maximum atomic E-state index is 12.5. The fourth-order valence-corrected chi connectivity index (χ4v) is 2.84. The van der Waals surface area contributed by atoms with Gasteiger partial charge in [-0.15, -0.1) is 0 Å². The highest BCUT2D eigenvalue weighted by Gasteiger charge is 2.34. The average Bonchev–Trinajstić information content (AvgIpc) is 2.31. The number of nitrogens with zero attached hydrogens (tertiary/aromatic N) is 1. The van der Waals surface area contributed by atoms with Crippen molar-refractivity contribution < 1.29 is 4.79 Å². The lowest BCUT2D eigenvalue weighted by Gasteiger charge is -2.38. The Morgan fingerprint density at radius 2 is 1.82 bits per heavy atom. The van der Waals surface area contributed by atoms with Crippen LogP contribution in [0.5, 0.6) is 0 Å². The summed E-state index contributed by atoms with van der Waals surface area (Å²) in [5.41, 5.74) is -0.428. The van der Waals surface area contributed by atoms with Crippen molar-refractivity contribution in [3.8, 4) is 0 Å². The first-order chi connectivity index (χ1) is 8.03.